The van der Waals surface area contributed by atoms with E-state index in [0.717, 1.165) is 18.4 Å². The second-order valence-corrected chi connectivity index (χ2v) is 11.6. The first kappa shape index (κ1) is 26.0. The first-order valence-electron chi connectivity index (χ1n) is 13.0. The summed E-state index contributed by atoms with van der Waals surface area (Å²) in [6.45, 7) is 5.26. The van der Waals surface area contributed by atoms with Crippen LogP contribution in [0.25, 0.3) is 11.7 Å². The second-order valence-electron chi connectivity index (χ2n) is 9.89. The van der Waals surface area contributed by atoms with E-state index in [0.29, 0.717) is 71.3 Å². The molecule has 3 aliphatic rings. The van der Waals surface area contributed by atoms with Gasteiger partial charge in [0.25, 0.3) is 11.5 Å². The molecule has 0 N–H and O–H groups in total. The number of rotatable bonds is 5. The van der Waals surface area contributed by atoms with Crippen molar-refractivity contribution in [1.29, 1.82) is 0 Å². The number of thioether (sulfide) groups is 1. The molecular weight excluding hydrogens is 537 g/mol. The standard InChI is InChI=1S/C28H28FN5O3S2/c1-18-6-4-10-33-24(18)30-25(32-13-11-31(12-14-32)22-9-3-2-8-21(22)29)20(26(33)35)16-23-27(36)34(28(38)39-23)17-19-7-5-15-37-19/h2-4,6,8-10,16,19H,5,7,11-15,17H2,1H3/b23-16-/t19-/m0/s1. The number of fused-ring (bicyclic) bond motifs is 1. The molecule has 6 rings (SSSR count). The lowest BCUT2D eigenvalue weighted by atomic mass is 10.2. The maximum Gasteiger partial charge on any atom is 0.267 e. The third kappa shape index (κ3) is 4.94. The van der Waals surface area contributed by atoms with Gasteiger partial charge < -0.3 is 14.5 Å². The van der Waals surface area contributed by atoms with Crippen molar-refractivity contribution < 1.29 is 13.9 Å². The van der Waals surface area contributed by atoms with Gasteiger partial charge in [-0.15, -0.1) is 0 Å². The fraction of sp³-hybridized carbons (Fsp3) is 0.357. The highest BCUT2D eigenvalue weighted by Gasteiger charge is 2.35. The molecule has 1 atom stereocenters. The fourth-order valence-corrected chi connectivity index (χ4v) is 6.57. The van der Waals surface area contributed by atoms with Crippen LogP contribution in [0.2, 0.25) is 0 Å². The van der Waals surface area contributed by atoms with Crippen molar-refractivity contribution in [2.75, 3.05) is 49.1 Å². The Balaban J connectivity index is 1.35. The molecule has 3 aliphatic heterocycles. The molecule has 3 aromatic rings. The number of hydrogen-bond donors (Lipinski definition) is 0. The number of para-hydroxylation sites is 1. The Kier molecular flexibility index (Phi) is 7.13. The number of benzene rings is 1. The molecule has 202 valence electrons. The summed E-state index contributed by atoms with van der Waals surface area (Å²) in [7, 11) is 0. The molecule has 11 heteroatoms. The van der Waals surface area contributed by atoms with Gasteiger partial charge in [-0.25, -0.2) is 9.37 Å². The summed E-state index contributed by atoms with van der Waals surface area (Å²) in [4.78, 5) is 38.1. The topological polar surface area (TPSA) is 70.4 Å². The number of pyridine rings is 1. The summed E-state index contributed by atoms with van der Waals surface area (Å²) >= 11 is 6.73. The molecule has 0 saturated carbocycles. The number of aromatic nitrogens is 2. The monoisotopic (exact) mass is 565 g/mol. The molecule has 1 aromatic carbocycles. The number of thiocarbonyl (C=S) groups is 1. The molecule has 0 aliphatic carbocycles. The van der Waals surface area contributed by atoms with Crippen LogP contribution in [0.4, 0.5) is 15.9 Å². The summed E-state index contributed by atoms with van der Waals surface area (Å²) in [5, 5.41) is 0. The average Bonchev–Trinajstić information content (AvgIpc) is 3.55. The van der Waals surface area contributed by atoms with E-state index in [-0.39, 0.29) is 23.4 Å². The van der Waals surface area contributed by atoms with E-state index >= 15 is 0 Å². The number of anilines is 2. The van der Waals surface area contributed by atoms with E-state index in [1.54, 1.807) is 29.3 Å². The van der Waals surface area contributed by atoms with Crippen LogP contribution in [0.1, 0.15) is 24.0 Å². The highest BCUT2D eigenvalue weighted by molar-refractivity contribution is 8.26. The predicted octanol–water partition coefficient (Wildman–Crippen LogP) is 3.85. The predicted molar refractivity (Wildman–Crippen MR) is 156 cm³/mol. The molecule has 39 heavy (non-hydrogen) atoms. The van der Waals surface area contributed by atoms with Crippen LogP contribution in [0.5, 0.6) is 0 Å². The Morgan fingerprint density at radius 2 is 1.90 bits per heavy atom. The Morgan fingerprint density at radius 3 is 2.64 bits per heavy atom. The van der Waals surface area contributed by atoms with E-state index < -0.39 is 0 Å². The van der Waals surface area contributed by atoms with Crippen LogP contribution in [0, 0.1) is 12.7 Å². The molecule has 8 nitrogen and oxygen atoms in total. The molecular formula is C28H28FN5O3S2. The highest BCUT2D eigenvalue weighted by atomic mass is 32.2. The van der Waals surface area contributed by atoms with Crippen LogP contribution < -0.4 is 15.4 Å². The number of halogens is 1. The minimum Gasteiger partial charge on any atom is -0.376 e. The normalized spacial score (nSPS) is 21.1. The van der Waals surface area contributed by atoms with Gasteiger partial charge in [-0.1, -0.05) is 42.2 Å². The molecule has 5 heterocycles. The number of aryl methyl sites for hydroxylation is 1. The Labute approximate surface area is 235 Å². The lowest BCUT2D eigenvalue weighted by Gasteiger charge is -2.37. The highest BCUT2D eigenvalue weighted by Crippen LogP contribution is 2.35. The Morgan fingerprint density at radius 1 is 1.13 bits per heavy atom. The maximum absolute atomic E-state index is 14.4. The van der Waals surface area contributed by atoms with E-state index in [9.17, 15) is 14.0 Å². The van der Waals surface area contributed by atoms with Gasteiger partial charge in [-0.05, 0) is 49.6 Å². The van der Waals surface area contributed by atoms with Crippen LogP contribution in [-0.4, -0.2) is 69.9 Å². The van der Waals surface area contributed by atoms with Crippen molar-refractivity contribution in [3.63, 3.8) is 0 Å². The molecule has 0 unspecified atom stereocenters. The van der Waals surface area contributed by atoms with Crippen molar-refractivity contribution in [2.45, 2.75) is 25.9 Å². The van der Waals surface area contributed by atoms with Crippen LogP contribution >= 0.6 is 24.0 Å². The van der Waals surface area contributed by atoms with Crippen molar-refractivity contribution in [2.24, 2.45) is 0 Å². The lowest BCUT2D eigenvalue weighted by Crippen LogP contribution is -2.47. The third-order valence-corrected chi connectivity index (χ3v) is 8.77. The van der Waals surface area contributed by atoms with Gasteiger partial charge in [0.1, 0.15) is 21.6 Å². The number of hydrogen-bond acceptors (Lipinski definition) is 8. The summed E-state index contributed by atoms with van der Waals surface area (Å²) in [5.74, 6) is 0.0470. The summed E-state index contributed by atoms with van der Waals surface area (Å²) in [6, 6.07) is 10.5. The van der Waals surface area contributed by atoms with Gasteiger partial charge >= 0.3 is 0 Å². The van der Waals surface area contributed by atoms with Crippen LogP contribution in [0.15, 0.2) is 52.3 Å². The number of carbonyl (C=O) groups excluding carboxylic acids is 1. The fourth-order valence-electron chi connectivity index (χ4n) is 5.32. The SMILES string of the molecule is Cc1cccn2c(=O)c(/C=C3\SC(=S)N(C[C@@H]4CCCO4)C3=O)c(N3CCN(c4ccccc4F)CC3)nc12. The summed E-state index contributed by atoms with van der Waals surface area (Å²) in [5.41, 5.74) is 2.09. The smallest absolute Gasteiger partial charge is 0.267 e. The first-order chi connectivity index (χ1) is 18.9. The van der Waals surface area contributed by atoms with Gasteiger partial charge in [0, 0.05) is 39.0 Å². The molecule has 3 fully saturated rings. The number of piperazine rings is 1. The Bertz CT molecular complexity index is 1540. The summed E-state index contributed by atoms with van der Waals surface area (Å²) in [6.07, 6.45) is 5.18. The molecule has 0 bridgehead atoms. The van der Waals surface area contributed by atoms with Crippen LogP contribution in [-0.2, 0) is 9.53 Å². The average molecular weight is 566 g/mol. The zero-order valence-electron chi connectivity index (χ0n) is 21.5. The number of nitrogens with zero attached hydrogens (tertiary/aromatic N) is 5. The van der Waals surface area contributed by atoms with E-state index in [2.05, 4.69) is 0 Å². The number of carbonyl (C=O) groups is 1. The van der Waals surface area contributed by atoms with Crippen molar-refractivity contribution >= 4 is 57.4 Å². The van der Waals surface area contributed by atoms with Gasteiger partial charge in [-0.2, -0.15) is 0 Å². The summed E-state index contributed by atoms with van der Waals surface area (Å²) < 4.78 is 22.1. The van der Waals surface area contributed by atoms with Gasteiger partial charge in [-0.3, -0.25) is 18.9 Å². The van der Waals surface area contributed by atoms with Gasteiger partial charge in [0.05, 0.1) is 28.8 Å². The minimum atomic E-state index is -0.255. The Hall–Kier alpha value is -3.28. The minimum absolute atomic E-state index is 0.0240. The molecule has 0 spiro atoms. The van der Waals surface area contributed by atoms with Crippen LogP contribution in [0.3, 0.4) is 0 Å². The van der Waals surface area contributed by atoms with Crippen molar-refractivity contribution in [3.8, 4) is 0 Å². The number of ether oxygens (including phenoxy) is 1. The van der Waals surface area contributed by atoms with Crippen molar-refractivity contribution in [3.05, 3.63) is 74.8 Å². The zero-order valence-corrected chi connectivity index (χ0v) is 23.1. The first-order valence-corrected chi connectivity index (χ1v) is 14.3. The zero-order chi connectivity index (χ0) is 27.1. The lowest BCUT2D eigenvalue weighted by molar-refractivity contribution is -0.123. The maximum atomic E-state index is 14.4. The quantitative estimate of drug-likeness (QED) is 0.342. The van der Waals surface area contributed by atoms with E-state index in [1.165, 1.54) is 22.2 Å². The number of amides is 1. The van der Waals surface area contributed by atoms with E-state index in [1.807, 2.05) is 34.9 Å². The molecule has 3 saturated heterocycles. The van der Waals surface area contributed by atoms with Crippen molar-refractivity contribution in [1.82, 2.24) is 14.3 Å². The second kappa shape index (κ2) is 10.7. The van der Waals surface area contributed by atoms with Gasteiger partial charge in [0.2, 0.25) is 0 Å². The molecule has 2 aromatic heterocycles. The van der Waals surface area contributed by atoms with Gasteiger partial charge in [0.15, 0.2) is 0 Å². The third-order valence-electron chi connectivity index (χ3n) is 7.40. The molecule has 0 radical (unpaired) electrons. The van der Waals surface area contributed by atoms with E-state index in [4.69, 9.17) is 21.9 Å². The largest absolute Gasteiger partial charge is 0.376 e. The molecule has 1 amide bonds.